The molecular formula is C18H19FN2O4S. The standard InChI is InChI=1S/C18H19FN2O4S/c1-13-12-21(8-9-25-13)26(23,24)17-7-2-4-14(10-17)18(22)20-16-6-3-5-15(19)11-16/h2-7,10-11,13H,8-9,12H2,1H3,(H,20,22). The van der Waals surface area contributed by atoms with E-state index < -0.39 is 21.7 Å². The van der Waals surface area contributed by atoms with Crippen LogP contribution in [0.4, 0.5) is 10.1 Å². The fourth-order valence-corrected chi connectivity index (χ4v) is 4.27. The van der Waals surface area contributed by atoms with Crippen LogP contribution in [0.3, 0.4) is 0 Å². The van der Waals surface area contributed by atoms with Crippen molar-refractivity contribution >= 4 is 21.6 Å². The van der Waals surface area contributed by atoms with E-state index in [1.807, 2.05) is 6.92 Å². The largest absolute Gasteiger partial charge is 0.376 e. The van der Waals surface area contributed by atoms with E-state index in [1.54, 1.807) is 6.07 Å². The van der Waals surface area contributed by atoms with Gasteiger partial charge in [-0.25, -0.2) is 12.8 Å². The molecule has 138 valence electrons. The first-order chi connectivity index (χ1) is 12.4. The van der Waals surface area contributed by atoms with Crippen LogP contribution in [0.1, 0.15) is 17.3 Å². The Morgan fingerprint density at radius 2 is 2.00 bits per heavy atom. The van der Waals surface area contributed by atoms with Crippen LogP contribution in [0.15, 0.2) is 53.4 Å². The number of morpholine rings is 1. The molecule has 26 heavy (non-hydrogen) atoms. The predicted molar refractivity (Wildman–Crippen MR) is 95.0 cm³/mol. The molecule has 0 radical (unpaired) electrons. The van der Waals surface area contributed by atoms with Crippen LogP contribution in [-0.4, -0.2) is 44.4 Å². The number of sulfonamides is 1. The van der Waals surface area contributed by atoms with E-state index in [2.05, 4.69) is 5.32 Å². The number of benzene rings is 2. The van der Waals surface area contributed by atoms with Gasteiger partial charge in [-0.05, 0) is 43.3 Å². The summed E-state index contributed by atoms with van der Waals surface area (Å²) in [5.41, 5.74) is 0.474. The smallest absolute Gasteiger partial charge is 0.255 e. The predicted octanol–water partition coefficient (Wildman–Crippen LogP) is 2.49. The monoisotopic (exact) mass is 378 g/mol. The summed E-state index contributed by atoms with van der Waals surface area (Å²) in [7, 11) is -3.72. The molecule has 6 nitrogen and oxygen atoms in total. The molecule has 1 fully saturated rings. The van der Waals surface area contributed by atoms with Crippen molar-refractivity contribution < 1.29 is 22.3 Å². The van der Waals surface area contributed by atoms with E-state index >= 15 is 0 Å². The Morgan fingerprint density at radius 3 is 2.73 bits per heavy atom. The number of nitrogens with zero attached hydrogens (tertiary/aromatic N) is 1. The first-order valence-corrected chi connectivity index (χ1v) is 9.59. The molecule has 8 heteroatoms. The van der Waals surface area contributed by atoms with Gasteiger partial charge >= 0.3 is 0 Å². The van der Waals surface area contributed by atoms with Crippen molar-refractivity contribution in [3.05, 3.63) is 59.9 Å². The number of rotatable bonds is 4. The van der Waals surface area contributed by atoms with Crippen molar-refractivity contribution in [2.24, 2.45) is 0 Å². The second kappa shape index (κ2) is 7.53. The first-order valence-electron chi connectivity index (χ1n) is 8.15. The Labute approximate surface area is 151 Å². The third kappa shape index (κ3) is 4.09. The van der Waals surface area contributed by atoms with Crippen LogP contribution >= 0.6 is 0 Å². The van der Waals surface area contributed by atoms with E-state index in [-0.39, 0.29) is 29.7 Å². The highest BCUT2D eigenvalue weighted by Crippen LogP contribution is 2.20. The molecule has 1 unspecified atom stereocenters. The van der Waals surface area contributed by atoms with Crippen molar-refractivity contribution in [1.82, 2.24) is 4.31 Å². The van der Waals surface area contributed by atoms with Crippen molar-refractivity contribution in [2.75, 3.05) is 25.0 Å². The Bertz CT molecular complexity index is 917. The zero-order valence-electron chi connectivity index (χ0n) is 14.2. The van der Waals surface area contributed by atoms with Gasteiger partial charge in [-0.1, -0.05) is 12.1 Å². The zero-order chi connectivity index (χ0) is 18.7. The summed E-state index contributed by atoms with van der Waals surface area (Å²) in [6.07, 6.45) is -0.182. The molecular weight excluding hydrogens is 359 g/mol. The van der Waals surface area contributed by atoms with Crippen LogP contribution in [0.25, 0.3) is 0 Å². The number of carbonyl (C=O) groups is 1. The highest BCUT2D eigenvalue weighted by molar-refractivity contribution is 7.89. The number of anilines is 1. The molecule has 1 aliphatic rings. The molecule has 0 bridgehead atoms. The molecule has 1 amide bonds. The summed E-state index contributed by atoms with van der Waals surface area (Å²) in [5, 5.41) is 2.56. The van der Waals surface area contributed by atoms with Gasteiger partial charge in [0.15, 0.2) is 0 Å². The van der Waals surface area contributed by atoms with E-state index in [0.717, 1.165) is 0 Å². The Hall–Kier alpha value is -2.29. The van der Waals surface area contributed by atoms with Crippen LogP contribution in [0.5, 0.6) is 0 Å². The lowest BCUT2D eigenvalue weighted by Crippen LogP contribution is -2.44. The Balaban J connectivity index is 1.82. The van der Waals surface area contributed by atoms with Gasteiger partial charge in [-0.2, -0.15) is 4.31 Å². The lowest BCUT2D eigenvalue weighted by atomic mass is 10.2. The molecule has 1 heterocycles. The minimum atomic E-state index is -3.72. The quantitative estimate of drug-likeness (QED) is 0.887. The maximum absolute atomic E-state index is 13.2. The summed E-state index contributed by atoms with van der Waals surface area (Å²) >= 11 is 0. The minimum absolute atomic E-state index is 0.0403. The third-order valence-corrected chi connectivity index (χ3v) is 5.88. The molecule has 0 aromatic heterocycles. The fourth-order valence-electron chi connectivity index (χ4n) is 2.72. The lowest BCUT2D eigenvalue weighted by molar-refractivity contribution is 0.0102. The van der Waals surface area contributed by atoms with Gasteiger partial charge in [0.25, 0.3) is 5.91 Å². The molecule has 0 aliphatic carbocycles. The van der Waals surface area contributed by atoms with Gasteiger partial charge in [0.1, 0.15) is 5.82 Å². The number of nitrogens with one attached hydrogen (secondary N) is 1. The van der Waals surface area contributed by atoms with Crippen LogP contribution in [0, 0.1) is 5.82 Å². The average Bonchev–Trinajstić information content (AvgIpc) is 2.62. The van der Waals surface area contributed by atoms with E-state index in [4.69, 9.17) is 4.74 Å². The van der Waals surface area contributed by atoms with Crippen LogP contribution in [0.2, 0.25) is 0 Å². The SMILES string of the molecule is CC1CN(S(=O)(=O)c2cccc(C(=O)Nc3cccc(F)c3)c2)CCO1. The van der Waals surface area contributed by atoms with Crippen molar-refractivity contribution in [1.29, 1.82) is 0 Å². The van der Waals surface area contributed by atoms with Gasteiger partial charge in [0.05, 0.1) is 17.6 Å². The normalized spacial score (nSPS) is 18.5. The van der Waals surface area contributed by atoms with Gasteiger partial charge in [0.2, 0.25) is 10.0 Å². The second-order valence-electron chi connectivity index (χ2n) is 6.04. The molecule has 2 aromatic carbocycles. The summed E-state index contributed by atoms with van der Waals surface area (Å²) in [6, 6.07) is 11.3. The molecule has 0 saturated carbocycles. The first kappa shape index (κ1) is 18.5. The number of hydrogen-bond acceptors (Lipinski definition) is 4. The van der Waals surface area contributed by atoms with Crippen molar-refractivity contribution in [2.45, 2.75) is 17.9 Å². The maximum Gasteiger partial charge on any atom is 0.255 e. The van der Waals surface area contributed by atoms with E-state index in [1.165, 1.54) is 46.8 Å². The summed E-state index contributed by atoms with van der Waals surface area (Å²) in [5.74, 6) is -0.983. The van der Waals surface area contributed by atoms with Crippen molar-refractivity contribution in [3.8, 4) is 0 Å². The second-order valence-corrected chi connectivity index (χ2v) is 7.97. The van der Waals surface area contributed by atoms with E-state index in [9.17, 15) is 17.6 Å². The Morgan fingerprint density at radius 1 is 1.23 bits per heavy atom. The van der Waals surface area contributed by atoms with Crippen LogP contribution in [-0.2, 0) is 14.8 Å². The molecule has 2 aromatic rings. The highest BCUT2D eigenvalue weighted by Gasteiger charge is 2.29. The summed E-state index contributed by atoms with van der Waals surface area (Å²) in [6.45, 7) is 2.68. The fraction of sp³-hybridized carbons (Fsp3) is 0.278. The number of carbonyl (C=O) groups excluding carboxylic acids is 1. The molecule has 1 N–H and O–H groups in total. The zero-order valence-corrected chi connectivity index (χ0v) is 15.0. The molecule has 1 saturated heterocycles. The third-order valence-electron chi connectivity index (χ3n) is 4.02. The number of halogens is 1. The number of ether oxygens (including phenoxy) is 1. The summed E-state index contributed by atoms with van der Waals surface area (Å²) in [4.78, 5) is 12.4. The van der Waals surface area contributed by atoms with E-state index in [0.29, 0.717) is 12.3 Å². The average molecular weight is 378 g/mol. The lowest BCUT2D eigenvalue weighted by Gasteiger charge is -2.30. The molecule has 1 aliphatic heterocycles. The van der Waals surface area contributed by atoms with Gasteiger partial charge in [0, 0.05) is 24.3 Å². The molecule has 0 spiro atoms. The number of amides is 1. The van der Waals surface area contributed by atoms with Gasteiger partial charge < -0.3 is 10.1 Å². The number of hydrogen-bond donors (Lipinski definition) is 1. The minimum Gasteiger partial charge on any atom is -0.376 e. The van der Waals surface area contributed by atoms with Gasteiger partial charge in [-0.15, -0.1) is 0 Å². The Kier molecular flexibility index (Phi) is 5.36. The highest BCUT2D eigenvalue weighted by atomic mass is 32.2. The van der Waals surface area contributed by atoms with Crippen LogP contribution < -0.4 is 5.32 Å². The molecule has 3 rings (SSSR count). The molecule has 1 atom stereocenters. The van der Waals surface area contributed by atoms with Crippen molar-refractivity contribution in [3.63, 3.8) is 0 Å². The summed E-state index contributed by atoms with van der Waals surface area (Å²) < 4.78 is 45.6. The van der Waals surface area contributed by atoms with Gasteiger partial charge in [-0.3, -0.25) is 4.79 Å². The topological polar surface area (TPSA) is 75.7 Å². The maximum atomic E-state index is 13.2.